The summed E-state index contributed by atoms with van der Waals surface area (Å²) in [6.07, 6.45) is 2.49. The fraction of sp³-hybridized carbons (Fsp3) is 0.667. The van der Waals surface area contributed by atoms with Gasteiger partial charge in [0, 0.05) is 36.2 Å². The van der Waals surface area contributed by atoms with E-state index in [1.807, 2.05) is 24.3 Å². The molecule has 4 heteroatoms. The predicted molar refractivity (Wildman–Crippen MR) is 93.9 cm³/mol. The zero-order valence-electron chi connectivity index (χ0n) is 14.3. The molecule has 2 rings (SSSR count). The molecule has 0 N–H and O–H groups in total. The van der Waals surface area contributed by atoms with E-state index < -0.39 is 0 Å². The zero-order valence-corrected chi connectivity index (χ0v) is 15.1. The van der Waals surface area contributed by atoms with Gasteiger partial charge in [-0.3, -0.25) is 9.80 Å². The number of hydrogen-bond acceptors (Lipinski definition) is 3. The molecular formula is C18H29ClN2O. The summed E-state index contributed by atoms with van der Waals surface area (Å²) in [6, 6.07) is 8.24. The van der Waals surface area contributed by atoms with Crippen molar-refractivity contribution in [1.82, 2.24) is 9.80 Å². The van der Waals surface area contributed by atoms with Gasteiger partial charge >= 0.3 is 0 Å². The van der Waals surface area contributed by atoms with Crippen LogP contribution in [-0.2, 0) is 0 Å². The quantitative estimate of drug-likeness (QED) is 0.816. The first-order chi connectivity index (χ1) is 10.4. The molecule has 0 radical (unpaired) electrons. The Morgan fingerprint density at radius 1 is 1.18 bits per heavy atom. The summed E-state index contributed by atoms with van der Waals surface area (Å²) in [7, 11) is 2.21. The van der Waals surface area contributed by atoms with Gasteiger partial charge in [0.05, 0.1) is 0 Å². The molecule has 1 fully saturated rings. The Morgan fingerprint density at radius 3 is 2.32 bits per heavy atom. The normalized spacial score (nSPS) is 17.9. The van der Waals surface area contributed by atoms with Crippen molar-refractivity contribution in [2.24, 2.45) is 0 Å². The van der Waals surface area contributed by atoms with Crippen molar-refractivity contribution >= 4 is 11.6 Å². The molecule has 1 heterocycles. The van der Waals surface area contributed by atoms with Crippen molar-refractivity contribution in [1.29, 1.82) is 0 Å². The molecular weight excluding hydrogens is 296 g/mol. The lowest BCUT2D eigenvalue weighted by molar-refractivity contribution is 0.0611. The van der Waals surface area contributed by atoms with Crippen molar-refractivity contribution < 1.29 is 4.74 Å². The summed E-state index contributed by atoms with van der Waals surface area (Å²) in [5.41, 5.74) is 0.293. The first-order valence-electron chi connectivity index (χ1n) is 8.20. The van der Waals surface area contributed by atoms with Crippen LogP contribution < -0.4 is 4.74 Å². The van der Waals surface area contributed by atoms with Crippen LogP contribution in [0.3, 0.4) is 0 Å². The van der Waals surface area contributed by atoms with Crippen LogP contribution in [0.5, 0.6) is 5.75 Å². The third-order valence-electron chi connectivity index (χ3n) is 4.56. The van der Waals surface area contributed by atoms with Gasteiger partial charge < -0.3 is 4.74 Å². The minimum Gasteiger partial charge on any atom is -0.492 e. The highest BCUT2D eigenvalue weighted by Crippen LogP contribution is 2.22. The number of likely N-dealkylation sites (tertiary alicyclic amines) is 1. The van der Waals surface area contributed by atoms with Crippen LogP contribution in [0.2, 0.25) is 5.02 Å². The van der Waals surface area contributed by atoms with Gasteiger partial charge in [-0.15, -0.1) is 0 Å². The largest absolute Gasteiger partial charge is 0.492 e. The van der Waals surface area contributed by atoms with Crippen molar-refractivity contribution in [2.45, 2.75) is 45.2 Å². The van der Waals surface area contributed by atoms with Crippen molar-refractivity contribution in [3.63, 3.8) is 0 Å². The van der Waals surface area contributed by atoms with E-state index in [9.17, 15) is 0 Å². The lowest BCUT2D eigenvalue weighted by Crippen LogP contribution is -2.50. The van der Waals surface area contributed by atoms with Gasteiger partial charge in [-0.25, -0.2) is 0 Å². The lowest BCUT2D eigenvalue weighted by atomic mass is 9.97. The Hall–Kier alpha value is -0.770. The lowest BCUT2D eigenvalue weighted by Gasteiger charge is -2.43. The van der Waals surface area contributed by atoms with Crippen LogP contribution in [0.15, 0.2) is 24.3 Å². The summed E-state index contributed by atoms with van der Waals surface area (Å²) in [5.74, 6) is 0.889. The Morgan fingerprint density at radius 2 is 1.77 bits per heavy atom. The number of benzene rings is 1. The second kappa shape index (κ2) is 7.67. The van der Waals surface area contributed by atoms with E-state index in [2.05, 4.69) is 37.6 Å². The Kier molecular flexibility index (Phi) is 6.13. The second-order valence-corrected chi connectivity index (χ2v) is 7.61. The number of hydrogen-bond donors (Lipinski definition) is 0. The summed E-state index contributed by atoms with van der Waals surface area (Å²) in [6.45, 7) is 11.0. The van der Waals surface area contributed by atoms with E-state index in [4.69, 9.17) is 16.3 Å². The third kappa shape index (κ3) is 5.15. The molecule has 0 amide bonds. The van der Waals surface area contributed by atoms with E-state index in [1.165, 1.54) is 25.9 Å². The topological polar surface area (TPSA) is 15.7 Å². The van der Waals surface area contributed by atoms with Gasteiger partial charge in [0.2, 0.25) is 0 Å². The molecule has 1 aliphatic heterocycles. The highest BCUT2D eigenvalue weighted by molar-refractivity contribution is 6.30. The number of nitrogens with zero attached hydrogens (tertiary/aromatic N) is 2. The Balaban J connectivity index is 1.70. The maximum absolute atomic E-state index is 5.87. The van der Waals surface area contributed by atoms with Crippen molar-refractivity contribution in [2.75, 3.05) is 33.3 Å². The SMILES string of the molecule is CN(CCOc1ccc(Cl)cc1)C1CCN(C(C)(C)C)CC1. The number of piperidine rings is 1. The van der Waals surface area contributed by atoms with Crippen molar-refractivity contribution in [3.05, 3.63) is 29.3 Å². The van der Waals surface area contributed by atoms with Crippen molar-refractivity contribution in [3.8, 4) is 5.75 Å². The molecule has 3 nitrogen and oxygen atoms in total. The number of halogens is 1. The molecule has 1 saturated heterocycles. The molecule has 0 bridgehead atoms. The minimum atomic E-state index is 0.293. The van der Waals surface area contributed by atoms with Crippen LogP contribution in [0.1, 0.15) is 33.6 Å². The molecule has 0 aromatic heterocycles. The monoisotopic (exact) mass is 324 g/mol. The standard InChI is InChI=1S/C18H29ClN2O/c1-18(2,3)21-11-9-16(10-12-21)20(4)13-14-22-17-7-5-15(19)6-8-17/h5-8,16H,9-14H2,1-4H3. The summed E-state index contributed by atoms with van der Waals surface area (Å²) >= 11 is 5.87. The van der Waals surface area contributed by atoms with Crippen LogP contribution in [-0.4, -0.2) is 54.7 Å². The molecule has 124 valence electrons. The first kappa shape index (κ1) is 17.6. The highest BCUT2D eigenvalue weighted by atomic mass is 35.5. The molecule has 0 saturated carbocycles. The predicted octanol–water partition coefficient (Wildman–Crippen LogP) is 3.91. The average Bonchev–Trinajstić information content (AvgIpc) is 2.48. The summed E-state index contributed by atoms with van der Waals surface area (Å²) in [4.78, 5) is 5.03. The van der Waals surface area contributed by atoms with E-state index in [1.54, 1.807) is 0 Å². The smallest absolute Gasteiger partial charge is 0.119 e. The maximum atomic E-state index is 5.87. The molecule has 0 atom stereocenters. The zero-order chi connectivity index (χ0) is 16.2. The minimum absolute atomic E-state index is 0.293. The third-order valence-corrected chi connectivity index (χ3v) is 4.81. The van der Waals surface area contributed by atoms with Gasteiger partial charge in [-0.1, -0.05) is 11.6 Å². The maximum Gasteiger partial charge on any atom is 0.119 e. The van der Waals surface area contributed by atoms with Crippen LogP contribution in [0.25, 0.3) is 0 Å². The van der Waals surface area contributed by atoms with E-state index >= 15 is 0 Å². The van der Waals surface area contributed by atoms with E-state index in [0.29, 0.717) is 11.6 Å². The molecule has 0 unspecified atom stereocenters. The van der Waals surface area contributed by atoms with E-state index in [0.717, 1.165) is 23.9 Å². The fourth-order valence-electron chi connectivity index (χ4n) is 3.00. The summed E-state index contributed by atoms with van der Waals surface area (Å²) < 4.78 is 5.79. The molecule has 22 heavy (non-hydrogen) atoms. The average molecular weight is 325 g/mol. The first-order valence-corrected chi connectivity index (χ1v) is 8.58. The Labute approximate surface area is 140 Å². The molecule has 1 aliphatic rings. The summed E-state index contributed by atoms with van der Waals surface area (Å²) in [5, 5.41) is 0.745. The molecule has 0 aliphatic carbocycles. The van der Waals surface area contributed by atoms with Gasteiger partial charge in [-0.05, 0) is 64.9 Å². The fourth-order valence-corrected chi connectivity index (χ4v) is 3.12. The number of rotatable bonds is 5. The number of ether oxygens (including phenoxy) is 1. The highest BCUT2D eigenvalue weighted by Gasteiger charge is 2.28. The van der Waals surface area contributed by atoms with Crippen LogP contribution in [0, 0.1) is 0 Å². The number of likely N-dealkylation sites (N-methyl/N-ethyl adjacent to an activating group) is 1. The van der Waals surface area contributed by atoms with Crippen LogP contribution >= 0.6 is 11.6 Å². The van der Waals surface area contributed by atoms with Gasteiger partial charge in [0.1, 0.15) is 12.4 Å². The van der Waals surface area contributed by atoms with Gasteiger partial charge in [-0.2, -0.15) is 0 Å². The van der Waals surface area contributed by atoms with Gasteiger partial charge in [0.25, 0.3) is 0 Å². The molecule has 0 spiro atoms. The van der Waals surface area contributed by atoms with E-state index in [-0.39, 0.29) is 0 Å². The Bertz CT molecular complexity index is 447. The molecule has 1 aromatic carbocycles. The molecule has 1 aromatic rings. The van der Waals surface area contributed by atoms with Gasteiger partial charge in [0.15, 0.2) is 0 Å². The second-order valence-electron chi connectivity index (χ2n) is 7.17. The van der Waals surface area contributed by atoms with Crippen LogP contribution in [0.4, 0.5) is 0 Å².